The van der Waals surface area contributed by atoms with E-state index in [-0.39, 0.29) is 0 Å². The summed E-state index contributed by atoms with van der Waals surface area (Å²) >= 11 is 5.48. The maximum Gasteiger partial charge on any atom is 0.200 e. The molecule has 100 valence electrons. The highest BCUT2D eigenvalue weighted by Gasteiger charge is 2.28. The van der Waals surface area contributed by atoms with Gasteiger partial charge in [0.15, 0.2) is 23.3 Å². The average Bonchev–Trinajstić information content (AvgIpc) is 2.37. The molecule has 19 heavy (non-hydrogen) atoms. The minimum atomic E-state index is -2.29. The molecule has 2 rings (SSSR count). The van der Waals surface area contributed by atoms with Gasteiger partial charge in [-0.15, -0.1) is 0 Å². The first-order valence-electron chi connectivity index (χ1n) is 4.67. The molecule has 0 aliphatic heterocycles. The van der Waals surface area contributed by atoms with Crippen molar-refractivity contribution in [1.29, 1.82) is 0 Å². The number of hydrogen-bond acceptors (Lipinski definition) is 1. The summed E-state index contributed by atoms with van der Waals surface area (Å²) in [5, 5.41) is -0.580. The van der Waals surface area contributed by atoms with Crippen LogP contribution in [-0.4, -0.2) is 4.98 Å². The normalized spacial score (nSPS) is 10.9. The summed E-state index contributed by atoms with van der Waals surface area (Å²) in [6.07, 6.45) is 0.541. The molecule has 1 aromatic carbocycles. The van der Waals surface area contributed by atoms with Crippen molar-refractivity contribution in [3.8, 4) is 11.3 Å². The monoisotopic (exact) mass is 297 g/mol. The molecule has 0 spiro atoms. The summed E-state index contributed by atoms with van der Waals surface area (Å²) in [6.45, 7) is 0. The fraction of sp³-hybridized carbons (Fsp3) is 0. The van der Waals surface area contributed by atoms with Crippen LogP contribution in [-0.2, 0) is 0 Å². The quantitative estimate of drug-likeness (QED) is 0.436. The predicted octanol–water partition coefficient (Wildman–Crippen LogP) is 4.24. The second-order valence-electron chi connectivity index (χ2n) is 3.43. The highest BCUT2D eigenvalue weighted by Crippen LogP contribution is 2.34. The van der Waals surface area contributed by atoms with Crippen LogP contribution in [0.15, 0.2) is 12.3 Å². The third kappa shape index (κ3) is 2.14. The summed E-state index contributed by atoms with van der Waals surface area (Å²) < 4.78 is 78.5. The van der Waals surface area contributed by atoms with E-state index in [1.165, 1.54) is 0 Å². The summed E-state index contributed by atoms with van der Waals surface area (Å²) in [4.78, 5) is 3.24. The molecule has 8 heteroatoms. The largest absolute Gasteiger partial charge is 0.251 e. The van der Waals surface area contributed by atoms with Crippen molar-refractivity contribution < 1.29 is 26.3 Å². The third-order valence-electron chi connectivity index (χ3n) is 2.25. The van der Waals surface area contributed by atoms with Crippen LogP contribution < -0.4 is 0 Å². The van der Waals surface area contributed by atoms with Crippen LogP contribution in [0, 0.1) is 34.9 Å². The van der Waals surface area contributed by atoms with Gasteiger partial charge in [-0.2, -0.15) is 0 Å². The van der Waals surface area contributed by atoms with Crippen LogP contribution in [0.25, 0.3) is 11.3 Å². The van der Waals surface area contributed by atoms with Gasteiger partial charge in [0.25, 0.3) is 0 Å². The zero-order valence-corrected chi connectivity index (χ0v) is 9.50. The molecule has 0 aliphatic rings. The standard InChI is InChI=1S/C11H2ClF6N/c12-4-1-3(13)2-19-11(4)5-6(14)8(16)10(18)9(17)7(5)15/h1-2H. The van der Waals surface area contributed by atoms with Crippen molar-refractivity contribution in [3.05, 3.63) is 52.2 Å². The molecule has 1 heterocycles. The average molecular weight is 298 g/mol. The molecule has 0 radical (unpaired) electrons. The molecule has 0 amide bonds. The van der Waals surface area contributed by atoms with Crippen molar-refractivity contribution >= 4 is 11.6 Å². The minimum Gasteiger partial charge on any atom is -0.251 e. The van der Waals surface area contributed by atoms with Crippen LogP contribution in [0.1, 0.15) is 0 Å². The van der Waals surface area contributed by atoms with Gasteiger partial charge in [-0.1, -0.05) is 11.6 Å². The summed E-state index contributed by atoms with van der Waals surface area (Å²) in [7, 11) is 0. The lowest BCUT2D eigenvalue weighted by Crippen LogP contribution is -2.05. The molecule has 0 bridgehead atoms. The Bertz CT molecular complexity index is 644. The van der Waals surface area contributed by atoms with Crippen molar-refractivity contribution in [1.82, 2.24) is 4.98 Å². The Morgan fingerprint density at radius 1 is 0.789 bits per heavy atom. The van der Waals surface area contributed by atoms with Crippen molar-refractivity contribution in [3.63, 3.8) is 0 Å². The zero-order valence-electron chi connectivity index (χ0n) is 8.75. The lowest BCUT2D eigenvalue weighted by Gasteiger charge is -2.08. The lowest BCUT2D eigenvalue weighted by molar-refractivity contribution is 0.381. The molecule has 0 aliphatic carbocycles. The molecule has 0 atom stereocenters. The number of nitrogens with zero attached hydrogens (tertiary/aromatic N) is 1. The predicted molar refractivity (Wildman–Crippen MR) is 54.4 cm³/mol. The first-order valence-corrected chi connectivity index (χ1v) is 5.05. The van der Waals surface area contributed by atoms with Gasteiger partial charge in [0.05, 0.1) is 22.5 Å². The summed E-state index contributed by atoms with van der Waals surface area (Å²) in [5.74, 6) is -11.6. The van der Waals surface area contributed by atoms with Crippen LogP contribution in [0.2, 0.25) is 5.02 Å². The van der Waals surface area contributed by atoms with E-state index in [1.54, 1.807) is 0 Å². The topological polar surface area (TPSA) is 12.9 Å². The lowest BCUT2D eigenvalue weighted by atomic mass is 10.1. The first kappa shape index (κ1) is 13.7. The zero-order chi connectivity index (χ0) is 14.3. The Kier molecular flexibility index (Phi) is 3.40. The van der Waals surface area contributed by atoms with Gasteiger partial charge >= 0.3 is 0 Å². The Morgan fingerprint density at radius 3 is 1.74 bits per heavy atom. The second kappa shape index (κ2) is 4.73. The fourth-order valence-corrected chi connectivity index (χ4v) is 1.66. The SMILES string of the molecule is Fc1cnc(-c2c(F)c(F)c(F)c(F)c2F)c(Cl)c1. The van der Waals surface area contributed by atoms with Crippen LogP contribution in [0.5, 0.6) is 0 Å². The van der Waals surface area contributed by atoms with E-state index >= 15 is 0 Å². The molecule has 0 saturated heterocycles. The van der Waals surface area contributed by atoms with Crippen LogP contribution >= 0.6 is 11.6 Å². The maximum atomic E-state index is 13.5. The number of halogens is 7. The number of pyridine rings is 1. The smallest absolute Gasteiger partial charge is 0.200 e. The van der Waals surface area contributed by atoms with Crippen molar-refractivity contribution in [2.24, 2.45) is 0 Å². The molecule has 0 N–H and O–H groups in total. The highest BCUT2D eigenvalue weighted by molar-refractivity contribution is 6.33. The van der Waals surface area contributed by atoms with Gasteiger partial charge < -0.3 is 0 Å². The molecule has 1 nitrogen and oxygen atoms in total. The van der Waals surface area contributed by atoms with E-state index in [1.807, 2.05) is 0 Å². The first-order chi connectivity index (χ1) is 8.84. The van der Waals surface area contributed by atoms with Gasteiger partial charge in [0, 0.05) is 0 Å². The second-order valence-corrected chi connectivity index (χ2v) is 3.84. The van der Waals surface area contributed by atoms with E-state index < -0.39 is 51.2 Å². The molecule has 0 fully saturated rings. The van der Waals surface area contributed by atoms with Gasteiger partial charge in [-0.05, 0) is 6.07 Å². The Labute approximate surface area is 107 Å². The molecule has 0 saturated carbocycles. The maximum absolute atomic E-state index is 13.5. The molecule has 1 aromatic heterocycles. The number of rotatable bonds is 1. The Balaban J connectivity index is 2.83. The third-order valence-corrected chi connectivity index (χ3v) is 2.54. The van der Waals surface area contributed by atoms with Gasteiger partial charge in [-0.3, -0.25) is 4.98 Å². The highest BCUT2D eigenvalue weighted by atomic mass is 35.5. The number of hydrogen-bond donors (Lipinski definition) is 0. The Hall–Kier alpha value is -1.76. The van der Waals surface area contributed by atoms with Crippen LogP contribution in [0.3, 0.4) is 0 Å². The van der Waals surface area contributed by atoms with Crippen molar-refractivity contribution in [2.45, 2.75) is 0 Å². The van der Waals surface area contributed by atoms with E-state index in [4.69, 9.17) is 11.6 Å². The van der Waals surface area contributed by atoms with Crippen molar-refractivity contribution in [2.75, 3.05) is 0 Å². The van der Waals surface area contributed by atoms with E-state index in [0.717, 1.165) is 0 Å². The number of aromatic nitrogens is 1. The fourth-order valence-electron chi connectivity index (χ4n) is 1.41. The Morgan fingerprint density at radius 2 is 1.26 bits per heavy atom. The van der Waals surface area contributed by atoms with Gasteiger partial charge in [0.2, 0.25) is 5.82 Å². The van der Waals surface area contributed by atoms with E-state index in [9.17, 15) is 26.3 Å². The molecule has 0 unspecified atom stereocenters. The van der Waals surface area contributed by atoms with Crippen LogP contribution in [0.4, 0.5) is 26.3 Å². The minimum absolute atomic E-state index is 0.541. The number of benzene rings is 1. The van der Waals surface area contributed by atoms with Gasteiger partial charge in [-0.25, -0.2) is 26.3 Å². The van der Waals surface area contributed by atoms with Gasteiger partial charge in [0.1, 0.15) is 5.82 Å². The van der Waals surface area contributed by atoms with E-state index in [2.05, 4.69) is 4.98 Å². The molecule has 2 aromatic rings. The molecular formula is C11H2ClF6N. The molecular weight excluding hydrogens is 296 g/mol. The van der Waals surface area contributed by atoms with E-state index in [0.29, 0.717) is 12.3 Å². The summed E-state index contributed by atoms with van der Waals surface area (Å²) in [5.41, 5.74) is -2.04. The summed E-state index contributed by atoms with van der Waals surface area (Å²) in [6, 6.07) is 0.641.